The predicted octanol–water partition coefficient (Wildman–Crippen LogP) is 0.714. The Balaban J connectivity index is 2.55. The first kappa shape index (κ1) is 14.9. The SMILES string of the molecule is CC(C)C(C)(O)CNS(=O)(=O)N1CCCCC1. The number of nitrogens with one attached hydrogen (secondary N) is 1. The van der Waals surface area contributed by atoms with Crippen molar-refractivity contribution in [3.05, 3.63) is 0 Å². The fraction of sp³-hybridized carbons (Fsp3) is 1.00. The van der Waals surface area contributed by atoms with Gasteiger partial charge in [-0.15, -0.1) is 0 Å². The number of hydrogen-bond acceptors (Lipinski definition) is 3. The van der Waals surface area contributed by atoms with Gasteiger partial charge in [0.25, 0.3) is 10.2 Å². The lowest BCUT2D eigenvalue weighted by molar-refractivity contribution is 0.0186. The molecule has 5 nitrogen and oxygen atoms in total. The molecular formula is C11H24N2O3S. The van der Waals surface area contributed by atoms with Crippen molar-refractivity contribution in [3.8, 4) is 0 Å². The minimum absolute atomic E-state index is 0.00607. The summed E-state index contributed by atoms with van der Waals surface area (Å²) in [6, 6.07) is 0. The van der Waals surface area contributed by atoms with Crippen molar-refractivity contribution >= 4 is 10.2 Å². The maximum absolute atomic E-state index is 12.0. The summed E-state index contributed by atoms with van der Waals surface area (Å²) in [6.07, 6.45) is 2.93. The average molecular weight is 264 g/mol. The Morgan fingerprint density at radius 2 is 1.82 bits per heavy atom. The Morgan fingerprint density at radius 1 is 1.29 bits per heavy atom. The normalized spacial score (nSPS) is 22.6. The van der Waals surface area contributed by atoms with E-state index in [2.05, 4.69) is 4.72 Å². The third-order valence-corrected chi connectivity index (χ3v) is 5.07. The van der Waals surface area contributed by atoms with E-state index in [4.69, 9.17) is 0 Å². The lowest BCUT2D eigenvalue weighted by Crippen LogP contribution is -2.50. The monoisotopic (exact) mass is 264 g/mol. The van der Waals surface area contributed by atoms with Crippen LogP contribution in [0.25, 0.3) is 0 Å². The second-order valence-corrected chi connectivity index (χ2v) is 7.05. The molecule has 0 saturated carbocycles. The number of aliphatic hydroxyl groups is 1. The van der Waals surface area contributed by atoms with E-state index in [0.717, 1.165) is 19.3 Å². The molecule has 0 aromatic rings. The lowest BCUT2D eigenvalue weighted by Gasteiger charge is -2.31. The third kappa shape index (κ3) is 4.21. The highest BCUT2D eigenvalue weighted by atomic mass is 32.2. The second-order valence-electron chi connectivity index (χ2n) is 5.30. The van der Waals surface area contributed by atoms with E-state index in [1.165, 1.54) is 4.31 Å². The van der Waals surface area contributed by atoms with Gasteiger partial charge < -0.3 is 5.11 Å². The van der Waals surface area contributed by atoms with E-state index >= 15 is 0 Å². The van der Waals surface area contributed by atoms with E-state index < -0.39 is 15.8 Å². The summed E-state index contributed by atoms with van der Waals surface area (Å²) in [7, 11) is -3.43. The Bertz CT molecular complexity index is 333. The van der Waals surface area contributed by atoms with Crippen LogP contribution < -0.4 is 4.72 Å². The van der Waals surface area contributed by atoms with Gasteiger partial charge in [0.1, 0.15) is 0 Å². The fourth-order valence-electron chi connectivity index (χ4n) is 1.64. The molecule has 0 bridgehead atoms. The molecule has 1 rings (SSSR count). The van der Waals surface area contributed by atoms with Crippen LogP contribution in [0.3, 0.4) is 0 Å². The van der Waals surface area contributed by atoms with Crippen LogP contribution >= 0.6 is 0 Å². The van der Waals surface area contributed by atoms with Gasteiger partial charge in [0, 0.05) is 19.6 Å². The van der Waals surface area contributed by atoms with Crippen molar-refractivity contribution in [2.45, 2.75) is 45.6 Å². The molecule has 0 aromatic heterocycles. The van der Waals surface area contributed by atoms with Crippen molar-refractivity contribution < 1.29 is 13.5 Å². The Labute approximate surface area is 104 Å². The van der Waals surface area contributed by atoms with E-state index in [-0.39, 0.29) is 12.5 Å². The van der Waals surface area contributed by atoms with Crippen molar-refractivity contribution in [3.63, 3.8) is 0 Å². The van der Waals surface area contributed by atoms with Gasteiger partial charge in [0.15, 0.2) is 0 Å². The highest BCUT2D eigenvalue weighted by molar-refractivity contribution is 7.87. The summed E-state index contributed by atoms with van der Waals surface area (Å²) in [5.74, 6) is 0.00607. The number of nitrogens with zero attached hydrogens (tertiary/aromatic N) is 1. The Hall–Kier alpha value is -0.170. The van der Waals surface area contributed by atoms with E-state index in [0.29, 0.717) is 13.1 Å². The van der Waals surface area contributed by atoms with Crippen LogP contribution in [0.5, 0.6) is 0 Å². The molecule has 6 heteroatoms. The van der Waals surface area contributed by atoms with Crippen LogP contribution in [-0.4, -0.2) is 43.1 Å². The van der Waals surface area contributed by atoms with Crippen LogP contribution in [0.2, 0.25) is 0 Å². The molecule has 102 valence electrons. The average Bonchev–Trinajstić information content (AvgIpc) is 2.28. The summed E-state index contributed by atoms with van der Waals surface area (Å²) in [5.41, 5.74) is -1.01. The maximum atomic E-state index is 12.0. The minimum Gasteiger partial charge on any atom is -0.389 e. The van der Waals surface area contributed by atoms with Gasteiger partial charge in [0.2, 0.25) is 0 Å². The first-order chi connectivity index (χ1) is 7.76. The molecule has 0 aliphatic carbocycles. The van der Waals surface area contributed by atoms with Gasteiger partial charge in [-0.05, 0) is 25.7 Å². The summed E-state index contributed by atoms with van der Waals surface area (Å²) in [4.78, 5) is 0. The Morgan fingerprint density at radius 3 is 2.29 bits per heavy atom. The first-order valence-corrected chi connectivity index (χ1v) is 7.67. The van der Waals surface area contributed by atoms with Crippen LogP contribution in [0.4, 0.5) is 0 Å². The van der Waals surface area contributed by atoms with E-state index in [1.54, 1.807) is 6.92 Å². The van der Waals surface area contributed by atoms with Crippen LogP contribution in [0.15, 0.2) is 0 Å². The molecule has 1 atom stereocenters. The van der Waals surface area contributed by atoms with Crippen molar-refractivity contribution in [1.82, 2.24) is 9.03 Å². The van der Waals surface area contributed by atoms with Crippen LogP contribution in [0, 0.1) is 5.92 Å². The van der Waals surface area contributed by atoms with Crippen LogP contribution in [-0.2, 0) is 10.2 Å². The smallest absolute Gasteiger partial charge is 0.279 e. The zero-order chi connectivity index (χ0) is 13.1. The number of hydrogen-bond donors (Lipinski definition) is 2. The molecule has 2 N–H and O–H groups in total. The summed E-state index contributed by atoms with van der Waals surface area (Å²) < 4.78 is 27.9. The molecule has 1 aliphatic rings. The first-order valence-electron chi connectivity index (χ1n) is 6.23. The quantitative estimate of drug-likeness (QED) is 0.768. The molecule has 1 saturated heterocycles. The molecule has 0 aromatic carbocycles. The summed E-state index contributed by atoms with van der Waals surface area (Å²) in [5, 5.41) is 10.0. The topological polar surface area (TPSA) is 69.6 Å². The second kappa shape index (κ2) is 5.65. The molecule has 0 amide bonds. The highest BCUT2D eigenvalue weighted by Crippen LogP contribution is 2.16. The molecule has 17 heavy (non-hydrogen) atoms. The molecule has 1 heterocycles. The van der Waals surface area contributed by atoms with Crippen molar-refractivity contribution in [2.75, 3.05) is 19.6 Å². The van der Waals surface area contributed by atoms with E-state index in [1.807, 2.05) is 13.8 Å². The fourth-order valence-corrected chi connectivity index (χ4v) is 3.03. The van der Waals surface area contributed by atoms with E-state index in [9.17, 15) is 13.5 Å². The zero-order valence-corrected chi connectivity index (χ0v) is 11.8. The van der Waals surface area contributed by atoms with Crippen molar-refractivity contribution in [2.24, 2.45) is 5.92 Å². The van der Waals surface area contributed by atoms with Gasteiger partial charge in [-0.2, -0.15) is 17.4 Å². The Kier molecular flexibility index (Phi) is 4.95. The van der Waals surface area contributed by atoms with Gasteiger partial charge in [0.05, 0.1) is 5.60 Å². The standard InChI is InChI=1S/C11H24N2O3S/c1-10(2)11(3,14)9-12-17(15,16)13-7-5-4-6-8-13/h10,12,14H,4-9H2,1-3H3. The van der Waals surface area contributed by atoms with Gasteiger partial charge >= 0.3 is 0 Å². The largest absolute Gasteiger partial charge is 0.389 e. The molecular weight excluding hydrogens is 240 g/mol. The van der Waals surface area contributed by atoms with Gasteiger partial charge in [-0.1, -0.05) is 20.3 Å². The highest BCUT2D eigenvalue weighted by Gasteiger charge is 2.29. The molecule has 1 unspecified atom stereocenters. The van der Waals surface area contributed by atoms with Gasteiger partial charge in [-0.25, -0.2) is 0 Å². The summed E-state index contributed by atoms with van der Waals surface area (Å²) >= 11 is 0. The zero-order valence-electron chi connectivity index (χ0n) is 10.9. The van der Waals surface area contributed by atoms with Crippen LogP contribution in [0.1, 0.15) is 40.0 Å². The maximum Gasteiger partial charge on any atom is 0.279 e. The molecule has 0 radical (unpaired) electrons. The molecule has 1 aliphatic heterocycles. The number of rotatable bonds is 5. The number of piperidine rings is 1. The predicted molar refractivity (Wildman–Crippen MR) is 67.8 cm³/mol. The molecule has 0 spiro atoms. The summed E-state index contributed by atoms with van der Waals surface area (Å²) in [6.45, 7) is 6.61. The minimum atomic E-state index is -3.43. The van der Waals surface area contributed by atoms with Gasteiger partial charge in [-0.3, -0.25) is 0 Å². The van der Waals surface area contributed by atoms with Crippen molar-refractivity contribution in [1.29, 1.82) is 0 Å². The lowest BCUT2D eigenvalue weighted by atomic mass is 9.93. The third-order valence-electron chi connectivity index (χ3n) is 3.51. The molecule has 1 fully saturated rings.